The third kappa shape index (κ3) is 4.30. The van der Waals surface area contributed by atoms with Crippen molar-refractivity contribution in [3.05, 3.63) is 84.2 Å². The molecular formula is C25H23FO2. The fraction of sp³-hybridized carbons (Fsp3) is 0.240. The summed E-state index contributed by atoms with van der Waals surface area (Å²) in [6.45, 7) is 1.68. The van der Waals surface area contributed by atoms with Crippen molar-refractivity contribution in [2.45, 2.75) is 26.2 Å². The number of carbonyl (C=O) groups is 1. The molecule has 0 saturated heterocycles. The number of aryl methyl sites for hydroxylation is 1. The summed E-state index contributed by atoms with van der Waals surface area (Å²) in [7, 11) is 0. The molecule has 28 heavy (non-hydrogen) atoms. The van der Waals surface area contributed by atoms with E-state index in [1.807, 2.05) is 54.6 Å². The Kier molecular flexibility index (Phi) is 5.25. The van der Waals surface area contributed by atoms with Crippen molar-refractivity contribution in [3.63, 3.8) is 0 Å². The van der Waals surface area contributed by atoms with Crippen LogP contribution in [0.3, 0.4) is 0 Å². The van der Waals surface area contributed by atoms with E-state index in [0.717, 1.165) is 30.6 Å². The molecular weight excluding hydrogens is 351 g/mol. The van der Waals surface area contributed by atoms with Crippen molar-refractivity contribution < 1.29 is 13.9 Å². The highest BCUT2D eigenvalue weighted by Crippen LogP contribution is 2.42. The normalized spacial score (nSPS) is 17.9. The minimum absolute atomic E-state index is 0.268. The second-order valence-corrected chi connectivity index (χ2v) is 7.51. The SMILES string of the molecule is CC(=O)C1CC1CCc1ccc(-c2cc(Oc3ccccc3)ccc2F)cc1. The fourth-order valence-corrected chi connectivity index (χ4v) is 3.68. The Balaban J connectivity index is 1.45. The van der Waals surface area contributed by atoms with Gasteiger partial charge in [-0.1, -0.05) is 42.5 Å². The van der Waals surface area contributed by atoms with Crippen molar-refractivity contribution in [1.29, 1.82) is 0 Å². The third-order valence-electron chi connectivity index (χ3n) is 5.43. The monoisotopic (exact) mass is 374 g/mol. The van der Waals surface area contributed by atoms with E-state index in [1.165, 1.54) is 11.6 Å². The Morgan fingerprint density at radius 3 is 2.43 bits per heavy atom. The van der Waals surface area contributed by atoms with E-state index in [0.29, 0.717) is 23.0 Å². The smallest absolute Gasteiger partial charge is 0.133 e. The lowest BCUT2D eigenvalue weighted by Gasteiger charge is -2.10. The van der Waals surface area contributed by atoms with Gasteiger partial charge in [0.25, 0.3) is 0 Å². The minimum atomic E-state index is -0.268. The summed E-state index contributed by atoms with van der Waals surface area (Å²) in [5.74, 6) is 2.20. The van der Waals surface area contributed by atoms with Crippen molar-refractivity contribution in [2.75, 3.05) is 0 Å². The number of para-hydroxylation sites is 1. The lowest BCUT2D eigenvalue weighted by molar-refractivity contribution is -0.118. The van der Waals surface area contributed by atoms with E-state index in [-0.39, 0.29) is 11.7 Å². The highest BCUT2D eigenvalue weighted by molar-refractivity contribution is 5.81. The molecule has 2 atom stereocenters. The fourth-order valence-electron chi connectivity index (χ4n) is 3.68. The van der Waals surface area contributed by atoms with Crippen LogP contribution in [0.4, 0.5) is 4.39 Å². The number of ketones is 1. The lowest BCUT2D eigenvalue weighted by atomic mass is 10.0. The molecule has 4 rings (SSSR count). The number of rotatable bonds is 7. The van der Waals surface area contributed by atoms with Crippen LogP contribution in [0.15, 0.2) is 72.8 Å². The third-order valence-corrected chi connectivity index (χ3v) is 5.43. The van der Waals surface area contributed by atoms with E-state index in [1.54, 1.807) is 19.1 Å². The first-order valence-corrected chi connectivity index (χ1v) is 9.72. The van der Waals surface area contributed by atoms with Gasteiger partial charge in [0.2, 0.25) is 0 Å². The molecule has 0 aromatic heterocycles. The zero-order valence-electron chi connectivity index (χ0n) is 15.9. The van der Waals surface area contributed by atoms with Crippen LogP contribution in [-0.2, 0) is 11.2 Å². The molecule has 0 N–H and O–H groups in total. The van der Waals surface area contributed by atoms with Gasteiger partial charge in [-0.05, 0) is 73.6 Å². The van der Waals surface area contributed by atoms with Gasteiger partial charge < -0.3 is 4.74 Å². The zero-order chi connectivity index (χ0) is 19.5. The number of hydrogen-bond acceptors (Lipinski definition) is 2. The molecule has 0 amide bonds. The maximum atomic E-state index is 14.4. The van der Waals surface area contributed by atoms with Crippen LogP contribution in [0.25, 0.3) is 11.1 Å². The standard InChI is InChI=1S/C25H23FO2/c1-17(27)23-15-20(23)12-9-18-7-10-19(11-8-18)24-16-22(13-14-25(24)26)28-21-5-3-2-4-6-21/h2-8,10-11,13-14,16,20,23H,9,12,15H2,1H3. The number of benzene rings is 3. The quantitative estimate of drug-likeness (QED) is 0.475. The Morgan fingerprint density at radius 1 is 1.00 bits per heavy atom. The number of carbonyl (C=O) groups excluding carboxylic acids is 1. The lowest BCUT2D eigenvalue weighted by Crippen LogP contribution is -1.96. The summed E-state index contributed by atoms with van der Waals surface area (Å²) >= 11 is 0. The molecule has 1 fully saturated rings. The molecule has 1 aliphatic rings. The van der Waals surface area contributed by atoms with Gasteiger partial charge in [-0.25, -0.2) is 4.39 Å². The van der Waals surface area contributed by atoms with Crippen LogP contribution in [0.1, 0.15) is 25.3 Å². The van der Waals surface area contributed by atoms with Crippen LogP contribution >= 0.6 is 0 Å². The minimum Gasteiger partial charge on any atom is -0.457 e. The predicted octanol–water partition coefficient (Wildman–Crippen LogP) is 6.44. The molecule has 0 radical (unpaired) electrons. The summed E-state index contributed by atoms with van der Waals surface area (Å²) in [6.07, 6.45) is 3.03. The van der Waals surface area contributed by atoms with Crippen molar-refractivity contribution in [1.82, 2.24) is 0 Å². The van der Waals surface area contributed by atoms with Crippen molar-refractivity contribution in [3.8, 4) is 22.6 Å². The summed E-state index contributed by atoms with van der Waals surface area (Å²) in [5.41, 5.74) is 2.57. The molecule has 0 aliphatic heterocycles. The van der Waals surface area contributed by atoms with E-state index < -0.39 is 0 Å². The largest absolute Gasteiger partial charge is 0.457 e. The molecule has 2 nitrogen and oxygen atoms in total. The van der Waals surface area contributed by atoms with Gasteiger partial charge >= 0.3 is 0 Å². The van der Waals surface area contributed by atoms with Crippen LogP contribution in [-0.4, -0.2) is 5.78 Å². The van der Waals surface area contributed by atoms with Crippen LogP contribution in [0, 0.1) is 17.7 Å². The molecule has 0 spiro atoms. The van der Waals surface area contributed by atoms with Gasteiger partial charge in [-0.15, -0.1) is 0 Å². The van der Waals surface area contributed by atoms with Gasteiger partial charge in [0, 0.05) is 11.5 Å². The summed E-state index contributed by atoms with van der Waals surface area (Å²) in [6, 6.07) is 22.3. The number of ether oxygens (including phenoxy) is 1. The molecule has 1 saturated carbocycles. The van der Waals surface area contributed by atoms with Gasteiger partial charge in [0.05, 0.1) is 0 Å². The second kappa shape index (κ2) is 7.97. The number of Topliss-reactive ketones (excluding diaryl/α,β-unsaturated/α-hetero) is 1. The average molecular weight is 374 g/mol. The molecule has 0 heterocycles. The Hall–Kier alpha value is -2.94. The topological polar surface area (TPSA) is 26.3 Å². The van der Waals surface area contributed by atoms with E-state index in [2.05, 4.69) is 0 Å². The maximum absolute atomic E-state index is 14.4. The van der Waals surface area contributed by atoms with E-state index in [4.69, 9.17) is 4.74 Å². The maximum Gasteiger partial charge on any atom is 0.133 e. The summed E-state index contributed by atoms with van der Waals surface area (Å²) < 4.78 is 20.2. The zero-order valence-corrected chi connectivity index (χ0v) is 15.9. The molecule has 142 valence electrons. The Labute approximate surface area is 165 Å². The number of hydrogen-bond donors (Lipinski definition) is 0. The molecule has 3 heteroatoms. The van der Waals surface area contributed by atoms with Crippen LogP contribution in [0.5, 0.6) is 11.5 Å². The van der Waals surface area contributed by atoms with Gasteiger partial charge in [0.1, 0.15) is 23.1 Å². The molecule has 3 aromatic rings. The average Bonchev–Trinajstić information content (AvgIpc) is 3.49. The first-order chi connectivity index (χ1) is 13.6. The first kappa shape index (κ1) is 18.4. The van der Waals surface area contributed by atoms with Crippen molar-refractivity contribution in [2.24, 2.45) is 11.8 Å². The predicted molar refractivity (Wildman–Crippen MR) is 109 cm³/mol. The Bertz CT molecular complexity index is 964. The van der Waals surface area contributed by atoms with Gasteiger partial charge in [-0.3, -0.25) is 4.79 Å². The molecule has 0 bridgehead atoms. The van der Waals surface area contributed by atoms with Crippen LogP contribution < -0.4 is 4.74 Å². The first-order valence-electron chi connectivity index (χ1n) is 9.72. The van der Waals surface area contributed by atoms with Gasteiger partial charge in [-0.2, -0.15) is 0 Å². The van der Waals surface area contributed by atoms with E-state index in [9.17, 15) is 9.18 Å². The molecule has 1 aliphatic carbocycles. The highest BCUT2D eigenvalue weighted by Gasteiger charge is 2.39. The summed E-state index contributed by atoms with van der Waals surface area (Å²) in [4.78, 5) is 11.4. The number of halogens is 1. The summed E-state index contributed by atoms with van der Waals surface area (Å²) in [5, 5.41) is 0. The second-order valence-electron chi connectivity index (χ2n) is 7.51. The van der Waals surface area contributed by atoms with Crippen molar-refractivity contribution >= 4 is 5.78 Å². The Morgan fingerprint density at radius 2 is 1.75 bits per heavy atom. The van der Waals surface area contributed by atoms with E-state index >= 15 is 0 Å². The van der Waals surface area contributed by atoms with Crippen LogP contribution in [0.2, 0.25) is 0 Å². The molecule has 2 unspecified atom stereocenters. The molecule has 3 aromatic carbocycles. The van der Waals surface area contributed by atoms with Gasteiger partial charge in [0.15, 0.2) is 0 Å². The highest BCUT2D eigenvalue weighted by atomic mass is 19.1.